The topological polar surface area (TPSA) is 85.3 Å². The highest BCUT2D eigenvalue weighted by atomic mass is 19.1. The molecule has 1 atom stereocenters. The molecule has 7 nitrogen and oxygen atoms in total. The first-order valence-corrected chi connectivity index (χ1v) is 10.8. The summed E-state index contributed by atoms with van der Waals surface area (Å²) in [5, 5.41) is 9.19. The van der Waals surface area contributed by atoms with Crippen LogP contribution in [0.1, 0.15) is 25.3 Å². The van der Waals surface area contributed by atoms with Crippen LogP contribution in [0, 0.1) is 17.6 Å². The molecule has 1 N–H and O–H groups in total. The van der Waals surface area contributed by atoms with Crippen LogP contribution in [0.15, 0.2) is 42.5 Å². The predicted molar refractivity (Wildman–Crippen MR) is 115 cm³/mol. The first kappa shape index (κ1) is 24.4. The molecule has 0 bridgehead atoms. The molecule has 0 saturated heterocycles. The van der Waals surface area contributed by atoms with E-state index in [9.17, 15) is 23.5 Å². The Labute approximate surface area is 190 Å². The van der Waals surface area contributed by atoms with E-state index in [0.29, 0.717) is 30.9 Å². The third-order valence-electron chi connectivity index (χ3n) is 5.14. The van der Waals surface area contributed by atoms with Gasteiger partial charge in [-0.25, -0.2) is 18.4 Å². The molecule has 1 fully saturated rings. The van der Waals surface area contributed by atoms with Crippen molar-refractivity contribution in [3.8, 4) is 11.5 Å². The average Bonchev–Trinajstić information content (AvgIpc) is 3.60. The van der Waals surface area contributed by atoms with E-state index in [1.807, 2.05) is 0 Å². The summed E-state index contributed by atoms with van der Waals surface area (Å²) in [4.78, 5) is 25.2. The molecule has 1 saturated carbocycles. The first-order valence-electron chi connectivity index (χ1n) is 10.8. The minimum atomic E-state index is -1.01. The highest BCUT2D eigenvalue weighted by Crippen LogP contribution is 2.30. The molecule has 1 unspecified atom stereocenters. The van der Waals surface area contributed by atoms with Crippen LogP contribution in [0.25, 0.3) is 0 Å². The Bertz CT molecular complexity index is 948. The number of nitrogens with zero attached hydrogens (tertiary/aromatic N) is 1. The number of hydrogen-bond donors (Lipinski definition) is 1. The zero-order chi connectivity index (χ0) is 23.8. The van der Waals surface area contributed by atoms with E-state index < -0.39 is 29.8 Å². The third-order valence-corrected chi connectivity index (χ3v) is 5.14. The fraction of sp³-hybridized carbons (Fsp3) is 0.417. The highest BCUT2D eigenvalue weighted by molar-refractivity contribution is 5.72. The van der Waals surface area contributed by atoms with E-state index in [0.717, 1.165) is 30.5 Å². The highest BCUT2D eigenvalue weighted by Gasteiger charge is 2.28. The summed E-state index contributed by atoms with van der Waals surface area (Å²) in [5.41, 5.74) is 0.795. The Hall–Kier alpha value is -3.20. The molecule has 1 aliphatic carbocycles. The SMILES string of the molecule is CCOC(Cc1ccc(OCCN(CC2CC2)C(=O)Oc2ccc(F)cc2F)cc1)C(=O)O. The Kier molecular flexibility index (Phi) is 8.59. The Morgan fingerprint density at radius 1 is 1.15 bits per heavy atom. The van der Waals surface area contributed by atoms with Gasteiger partial charge in [0.15, 0.2) is 17.7 Å². The van der Waals surface area contributed by atoms with E-state index in [1.165, 1.54) is 4.90 Å². The smallest absolute Gasteiger partial charge is 0.415 e. The van der Waals surface area contributed by atoms with Crippen molar-refractivity contribution in [2.45, 2.75) is 32.3 Å². The number of carbonyl (C=O) groups is 2. The Morgan fingerprint density at radius 3 is 2.48 bits per heavy atom. The van der Waals surface area contributed by atoms with Crippen LogP contribution in [-0.2, 0) is 16.0 Å². The van der Waals surface area contributed by atoms with E-state index in [4.69, 9.17) is 14.2 Å². The zero-order valence-corrected chi connectivity index (χ0v) is 18.3. The minimum Gasteiger partial charge on any atom is -0.492 e. The van der Waals surface area contributed by atoms with E-state index in [1.54, 1.807) is 31.2 Å². The molecule has 0 heterocycles. The summed E-state index contributed by atoms with van der Waals surface area (Å²) in [5.74, 6) is -2.10. The van der Waals surface area contributed by atoms with Crippen LogP contribution >= 0.6 is 0 Å². The van der Waals surface area contributed by atoms with Crippen molar-refractivity contribution in [1.29, 1.82) is 0 Å². The number of amides is 1. The van der Waals surface area contributed by atoms with Crippen molar-refractivity contribution < 1.29 is 37.7 Å². The first-order chi connectivity index (χ1) is 15.9. The number of carbonyl (C=O) groups excluding carboxylic acids is 1. The summed E-state index contributed by atoms with van der Waals surface area (Å²) < 4.78 is 42.9. The van der Waals surface area contributed by atoms with Crippen LogP contribution < -0.4 is 9.47 Å². The van der Waals surface area contributed by atoms with Gasteiger partial charge in [-0.05, 0) is 55.5 Å². The molecule has 1 aliphatic rings. The lowest BCUT2D eigenvalue weighted by molar-refractivity contribution is -0.149. The van der Waals surface area contributed by atoms with Gasteiger partial charge in [-0.2, -0.15) is 0 Å². The van der Waals surface area contributed by atoms with E-state index in [2.05, 4.69) is 0 Å². The van der Waals surface area contributed by atoms with Gasteiger partial charge in [-0.3, -0.25) is 0 Å². The summed E-state index contributed by atoms with van der Waals surface area (Å²) >= 11 is 0. The molecule has 0 radical (unpaired) electrons. The monoisotopic (exact) mass is 463 g/mol. The van der Waals surface area contributed by atoms with Gasteiger partial charge in [0, 0.05) is 25.6 Å². The Morgan fingerprint density at radius 2 is 1.88 bits per heavy atom. The standard InChI is InChI=1S/C24H27F2NO6/c1-2-31-22(23(28)29)13-16-5-8-19(9-6-16)32-12-11-27(15-17-3-4-17)24(30)33-21-10-7-18(25)14-20(21)26/h5-10,14,17,22H,2-4,11-13,15H2,1H3,(H,28,29). The number of carboxylic acids is 1. The number of rotatable bonds is 12. The predicted octanol–water partition coefficient (Wildman–Crippen LogP) is 4.29. The molecule has 1 amide bonds. The van der Waals surface area contributed by atoms with Crippen LogP contribution in [0.4, 0.5) is 13.6 Å². The van der Waals surface area contributed by atoms with Crippen LogP contribution in [-0.4, -0.2) is 54.5 Å². The number of hydrogen-bond acceptors (Lipinski definition) is 5. The lowest BCUT2D eigenvalue weighted by Gasteiger charge is -2.22. The largest absolute Gasteiger partial charge is 0.492 e. The van der Waals surface area contributed by atoms with Crippen molar-refractivity contribution in [3.63, 3.8) is 0 Å². The third kappa shape index (κ3) is 7.71. The van der Waals surface area contributed by atoms with Gasteiger partial charge in [-0.15, -0.1) is 0 Å². The van der Waals surface area contributed by atoms with Crippen molar-refractivity contribution in [2.75, 3.05) is 26.3 Å². The molecule has 33 heavy (non-hydrogen) atoms. The second-order valence-electron chi connectivity index (χ2n) is 7.81. The van der Waals surface area contributed by atoms with Crippen molar-refractivity contribution in [3.05, 3.63) is 59.7 Å². The molecular weight excluding hydrogens is 436 g/mol. The maximum absolute atomic E-state index is 13.8. The lowest BCUT2D eigenvalue weighted by Crippen LogP contribution is -2.38. The molecule has 2 aromatic carbocycles. The van der Waals surface area contributed by atoms with Crippen molar-refractivity contribution >= 4 is 12.1 Å². The molecule has 0 spiro atoms. The molecule has 9 heteroatoms. The van der Waals surface area contributed by atoms with Gasteiger partial charge in [-0.1, -0.05) is 12.1 Å². The van der Waals surface area contributed by atoms with Crippen LogP contribution in [0.2, 0.25) is 0 Å². The second kappa shape index (κ2) is 11.6. The molecular formula is C24H27F2NO6. The summed E-state index contributed by atoms with van der Waals surface area (Å²) in [7, 11) is 0. The minimum absolute atomic E-state index is 0.184. The van der Waals surface area contributed by atoms with Crippen LogP contribution in [0.3, 0.4) is 0 Å². The molecule has 178 valence electrons. The number of benzene rings is 2. The van der Waals surface area contributed by atoms with E-state index >= 15 is 0 Å². The van der Waals surface area contributed by atoms with Gasteiger partial charge in [0.1, 0.15) is 18.2 Å². The van der Waals surface area contributed by atoms with Gasteiger partial charge in [0.05, 0.1) is 6.54 Å². The number of halogens is 2. The number of aliphatic carboxylic acids is 1. The molecule has 0 aliphatic heterocycles. The fourth-order valence-corrected chi connectivity index (χ4v) is 3.21. The summed E-state index contributed by atoms with van der Waals surface area (Å²) in [6, 6.07) is 9.73. The quantitative estimate of drug-likeness (QED) is 0.506. The van der Waals surface area contributed by atoms with Gasteiger partial charge in [0.25, 0.3) is 0 Å². The number of carboxylic acid groups (broad SMARTS) is 1. The van der Waals surface area contributed by atoms with Crippen LogP contribution in [0.5, 0.6) is 11.5 Å². The molecule has 0 aromatic heterocycles. The summed E-state index contributed by atoms with van der Waals surface area (Å²) in [6.07, 6.45) is 0.632. The maximum Gasteiger partial charge on any atom is 0.415 e. The maximum atomic E-state index is 13.8. The van der Waals surface area contributed by atoms with Gasteiger partial charge in [0.2, 0.25) is 0 Å². The normalized spacial score (nSPS) is 13.9. The van der Waals surface area contributed by atoms with Crippen molar-refractivity contribution in [1.82, 2.24) is 4.90 Å². The second-order valence-corrected chi connectivity index (χ2v) is 7.81. The number of ether oxygens (including phenoxy) is 3. The molecule has 3 rings (SSSR count). The molecule has 2 aromatic rings. The van der Waals surface area contributed by atoms with Crippen molar-refractivity contribution in [2.24, 2.45) is 5.92 Å². The van der Waals surface area contributed by atoms with Gasteiger partial charge >= 0.3 is 12.1 Å². The summed E-state index contributed by atoms with van der Waals surface area (Å²) in [6.45, 7) is 2.93. The average molecular weight is 463 g/mol. The van der Waals surface area contributed by atoms with Gasteiger partial charge < -0.3 is 24.2 Å². The van der Waals surface area contributed by atoms with E-state index in [-0.39, 0.29) is 25.3 Å². The lowest BCUT2D eigenvalue weighted by atomic mass is 10.1. The Balaban J connectivity index is 1.52. The zero-order valence-electron chi connectivity index (χ0n) is 18.3. The fourth-order valence-electron chi connectivity index (χ4n) is 3.21.